The largest absolute Gasteiger partial charge is 0.481 e. The molecule has 334 valence electrons. The van der Waals surface area contributed by atoms with Crippen molar-refractivity contribution >= 4 is 64.1 Å². The number of nitrogens with zero attached hydrogens (tertiary/aromatic N) is 4. The number of amides is 6. The summed E-state index contributed by atoms with van der Waals surface area (Å²) >= 11 is 0. The molecule has 62 heavy (non-hydrogen) atoms. The Labute approximate surface area is 357 Å². The van der Waals surface area contributed by atoms with Crippen molar-refractivity contribution in [2.75, 3.05) is 32.7 Å². The predicted octanol–water partition coefficient (Wildman–Crippen LogP) is -0.0684. The highest BCUT2D eigenvalue weighted by atomic mass is 16.4. The number of nitrogens with one attached hydrogen (secondary N) is 6. The molecular weight excluding hydrogens is 807 g/mol. The van der Waals surface area contributed by atoms with E-state index in [1.54, 1.807) is 30.3 Å². The van der Waals surface area contributed by atoms with Crippen LogP contribution in [0.25, 0.3) is 10.8 Å². The van der Waals surface area contributed by atoms with Crippen molar-refractivity contribution < 1.29 is 43.8 Å². The zero-order valence-corrected chi connectivity index (χ0v) is 34.1. The normalized spacial score (nSPS) is 12.9. The molecule has 0 radical (unpaired) electrons. The smallest absolute Gasteiger partial charge is 0.359 e. The van der Waals surface area contributed by atoms with Gasteiger partial charge in [-0.05, 0) is 80.1 Å². The molecule has 22 heteroatoms. The summed E-state index contributed by atoms with van der Waals surface area (Å²) in [5, 5.41) is 44.0. The lowest BCUT2D eigenvalue weighted by Crippen LogP contribution is -2.57. The van der Waals surface area contributed by atoms with Gasteiger partial charge in [-0.25, -0.2) is 14.6 Å². The van der Waals surface area contributed by atoms with E-state index in [0.29, 0.717) is 56.7 Å². The standard InChI is InChI=1S/C40H55N13O9/c41-28(11-7-19-46-39(42)43)35(57)48-24-33(54)49-31(23-34(55)56)37(59)51-30(22-25-14-15-26-9-1-2-10-27(26)21-25)36(58)50-29(38(60)61)12-3-5-16-44-17-8-20-47-40(62)53-52-32-13-4-6-18-45-32/h1-2,4,6,9-10,13-15,18,21,28-31,44H,3,5,7-8,11-12,16-17,19-20,22-24,41H2,(H,47,62)(H,48,57)(H,49,54)(H,50,58)(H,51,59)(H,55,56)(H,60,61)(H4,42,43,46)/b53-52+/t28-,29-,30+,31-/m0/s1. The van der Waals surface area contributed by atoms with E-state index >= 15 is 0 Å². The molecule has 3 aromatic rings. The molecule has 0 aliphatic carbocycles. The van der Waals surface area contributed by atoms with Gasteiger partial charge in [0.2, 0.25) is 23.6 Å². The van der Waals surface area contributed by atoms with E-state index in [2.05, 4.69) is 52.1 Å². The Morgan fingerprint density at radius 1 is 0.710 bits per heavy atom. The van der Waals surface area contributed by atoms with E-state index in [4.69, 9.17) is 17.2 Å². The first-order chi connectivity index (χ1) is 29.7. The molecule has 0 saturated carbocycles. The Bertz CT molecular complexity index is 2030. The molecule has 4 atom stereocenters. The van der Waals surface area contributed by atoms with E-state index in [1.165, 1.54) is 6.20 Å². The van der Waals surface area contributed by atoms with Crippen molar-refractivity contribution in [1.29, 1.82) is 0 Å². The molecule has 1 heterocycles. The lowest BCUT2D eigenvalue weighted by molar-refractivity contribution is -0.143. The highest BCUT2D eigenvalue weighted by molar-refractivity contribution is 5.96. The van der Waals surface area contributed by atoms with E-state index < -0.39 is 78.7 Å². The Morgan fingerprint density at radius 2 is 1.42 bits per heavy atom. The number of hydrogen-bond donors (Lipinski definition) is 11. The van der Waals surface area contributed by atoms with Crippen LogP contribution in [0.1, 0.15) is 50.5 Å². The van der Waals surface area contributed by atoms with Gasteiger partial charge in [0.1, 0.15) is 18.1 Å². The van der Waals surface area contributed by atoms with E-state index in [-0.39, 0.29) is 31.8 Å². The van der Waals surface area contributed by atoms with Gasteiger partial charge in [-0.2, -0.15) is 0 Å². The molecular formula is C40H55N13O9. The van der Waals surface area contributed by atoms with Gasteiger partial charge in [-0.15, -0.1) is 5.11 Å². The second-order valence-corrected chi connectivity index (χ2v) is 14.1. The minimum absolute atomic E-state index is 0.0556. The van der Waals surface area contributed by atoms with E-state index in [9.17, 15) is 43.8 Å². The fourth-order valence-corrected chi connectivity index (χ4v) is 5.87. The van der Waals surface area contributed by atoms with Gasteiger partial charge in [0, 0.05) is 25.7 Å². The van der Waals surface area contributed by atoms with Crippen LogP contribution in [-0.2, 0) is 35.2 Å². The van der Waals surface area contributed by atoms with Gasteiger partial charge in [0.05, 0.1) is 19.0 Å². The van der Waals surface area contributed by atoms with Gasteiger partial charge in [-0.3, -0.25) is 29.0 Å². The topological polar surface area (TPSA) is 360 Å². The Kier molecular flexibility index (Phi) is 21.4. The molecule has 14 N–H and O–H groups in total. The molecule has 0 fully saturated rings. The van der Waals surface area contributed by atoms with Gasteiger partial charge in [-0.1, -0.05) is 53.6 Å². The lowest BCUT2D eigenvalue weighted by Gasteiger charge is -2.24. The van der Waals surface area contributed by atoms with E-state index in [0.717, 1.165) is 10.8 Å². The number of carbonyl (C=O) groups excluding carboxylic acids is 5. The number of unbranched alkanes of at least 4 members (excludes halogenated alkanes) is 1. The molecule has 2 aromatic carbocycles. The monoisotopic (exact) mass is 861 g/mol. The number of aliphatic carboxylic acids is 2. The van der Waals surface area contributed by atoms with Crippen LogP contribution in [0.2, 0.25) is 0 Å². The van der Waals surface area contributed by atoms with Crippen LogP contribution < -0.4 is 49.1 Å². The predicted molar refractivity (Wildman–Crippen MR) is 228 cm³/mol. The maximum Gasteiger partial charge on any atom is 0.359 e. The first kappa shape index (κ1) is 49.3. The number of nitrogens with two attached hydrogens (primary N) is 3. The summed E-state index contributed by atoms with van der Waals surface area (Å²) < 4.78 is 0. The highest BCUT2D eigenvalue weighted by Crippen LogP contribution is 2.17. The number of carboxylic acid groups (broad SMARTS) is 2. The number of aromatic nitrogens is 1. The molecule has 1 aromatic heterocycles. The average Bonchev–Trinajstić information content (AvgIpc) is 3.24. The summed E-state index contributed by atoms with van der Waals surface area (Å²) in [7, 11) is 0. The van der Waals surface area contributed by atoms with Crippen LogP contribution in [0.4, 0.5) is 10.6 Å². The third-order valence-corrected chi connectivity index (χ3v) is 9.05. The van der Waals surface area contributed by atoms with Gasteiger partial charge < -0.3 is 59.3 Å². The minimum Gasteiger partial charge on any atom is -0.481 e. The Hall–Kier alpha value is -7.07. The summed E-state index contributed by atoms with van der Waals surface area (Å²) in [6, 6.07) is 11.8. The molecule has 0 bridgehead atoms. The summed E-state index contributed by atoms with van der Waals surface area (Å²) in [5.74, 6) is -6.02. The number of rotatable bonds is 27. The van der Waals surface area contributed by atoms with Crippen LogP contribution in [0.3, 0.4) is 0 Å². The number of pyridine rings is 1. The van der Waals surface area contributed by atoms with Crippen LogP contribution in [0, 0.1) is 0 Å². The lowest BCUT2D eigenvalue weighted by atomic mass is 10.00. The number of hydrogen-bond acceptors (Lipinski definition) is 12. The Morgan fingerprint density at radius 3 is 2.13 bits per heavy atom. The molecule has 0 aliphatic rings. The second kappa shape index (κ2) is 26.9. The number of carboxylic acids is 2. The van der Waals surface area contributed by atoms with Crippen LogP contribution >= 0.6 is 0 Å². The fraction of sp³-hybridized carbons (Fsp3) is 0.425. The molecule has 0 unspecified atom stereocenters. The minimum atomic E-state index is -1.68. The summed E-state index contributed by atoms with van der Waals surface area (Å²) in [4.78, 5) is 96.2. The number of fused-ring (bicyclic) bond motifs is 1. The number of urea groups is 1. The summed E-state index contributed by atoms with van der Waals surface area (Å²) in [6.45, 7) is 1.03. The zero-order valence-electron chi connectivity index (χ0n) is 34.1. The Balaban J connectivity index is 1.57. The van der Waals surface area contributed by atoms with Crippen LogP contribution in [0.5, 0.6) is 0 Å². The highest BCUT2D eigenvalue weighted by Gasteiger charge is 2.31. The number of azo groups is 1. The molecule has 22 nitrogen and oxygen atoms in total. The van der Waals surface area contributed by atoms with Gasteiger partial charge in [0.25, 0.3) is 0 Å². The van der Waals surface area contributed by atoms with E-state index in [1.807, 2.05) is 30.3 Å². The van der Waals surface area contributed by atoms with Crippen molar-refractivity contribution in [3.05, 3.63) is 72.4 Å². The maximum atomic E-state index is 13.8. The molecule has 6 amide bonds. The average molecular weight is 862 g/mol. The molecule has 3 rings (SSSR count). The molecule has 0 spiro atoms. The van der Waals surface area contributed by atoms with Crippen molar-refractivity contribution in [2.45, 2.75) is 75.5 Å². The third-order valence-electron chi connectivity index (χ3n) is 9.05. The number of carbonyl (C=O) groups is 7. The van der Waals surface area contributed by atoms with Crippen LogP contribution in [-0.4, -0.2) is 120 Å². The van der Waals surface area contributed by atoms with Crippen molar-refractivity contribution in [2.24, 2.45) is 32.4 Å². The third kappa shape index (κ3) is 19.3. The fourth-order valence-electron chi connectivity index (χ4n) is 5.87. The molecule has 0 saturated heterocycles. The summed E-state index contributed by atoms with van der Waals surface area (Å²) in [5.41, 5.74) is 17.0. The van der Waals surface area contributed by atoms with Gasteiger partial charge in [0.15, 0.2) is 11.8 Å². The van der Waals surface area contributed by atoms with Gasteiger partial charge >= 0.3 is 18.0 Å². The molecule has 0 aliphatic heterocycles. The SMILES string of the molecule is NC(N)=NCCC[C@H](N)C(=O)NCC(=O)N[C@@H](CC(=O)O)C(=O)N[C@H](Cc1ccc2ccccc2c1)C(=O)N[C@@H](CCCCNCCCNC(=O)/N=N/c1ccccn1)C(=O)O. The maximum absolute atomic E-state index is 13.8. The first-order valence-corrected chi connectivity index (χ1v) is 19.9. The van der Waals surface area contributed by atoms with Crippen molar-refractivity contribution in [3.8, 4) is 0 Å². The van der Waals surface area contributed by atoms with Crippen molar-refractivity contribution in [1.82, 2.24) is 36.9 Å². The second-order valence-electron chi connectivity index (χ2n) is 14.1. The quantitative estimate of drug-likeness (QED) is 0.0207. The summed E-state index contributed by atoms with van der Waals surface area (Å²) in [6.07, 6.45) is 2.74. The number of benzene rings is 2. The number of aliphatic imine (C=N–C) groups is 1. The van der Waals surface area contributed by atoms with Crippen molar-refractivity contribution in [3.63, 3.8) is 0 Å². The first-order valence-electron chi connectivity index (χ1n) is 19.9. The zero-order chi connectivity index (χ0) is 45.3. The number of guanidine groups is 1. The van der Waals surface area contributed by atoms with Crippen LogP contribution in [0.15, 0.2) is 82.1 Å².